The lowest BCUT2D eigenvalue weighted by Gasteiger charge is -2.18. The van der Waals surface area contributed by atoms with Crippen LogP contribution in [0.15, 0.2) is 0 Å². The van der Waals surface area contributed by atoms with Crippen LogP contribution in [0.2, 0.25) is 0 Å². The third-order valence-electron chi connectivity index (χ3n) is 8.59. The first-order valence-corrected chi connectivity index (χ1v) is 17.3. The van der Waals surface area contributed by atoms with Gasteiger partial charge in [-0.15, -0.1) is 0 Å². The minimum absolute atomic E-state index is 1.03. The van der Waals surface area contributed by atoms with E-state index in [1.54, 1.807) is 0 Å². The molecule has 0 aliphatic rings. The predicted molar refractivity (Wildman–Crippen MR) is 164 cm³/mol. The fraction of sp³-hybridized carbons (Fsp3) is 1.00. The molecule has 0 spiro atoms. The van der Waals surface area contributed by atoms with E-state index in [1.807, 2.05) is 0 Å². The van der Waals surface area contributed by atoms with Crippen molar-refractivity contribution in [2.24, 2.45) is 11.8 Å². The summed E-state index contributed by atoms with van der Waals surface area (Å²) >= 11 is 0. The topological polar surface area (TPSA) is 0 Å². The second kappa shape index (κ2) is 30.2. The SMILES string of the molecule is CCCCCCCCCCC(CCCC)CCCCCC(CCCC)CCCCCCCCCC. The van der Waals surface area contributed by atoms with Gasteiger partial charge in [-0.1, -0.05) is 214 Å². The molecule has 0 saturated carbocycles. The molecule has 0 aliphatic carbocycles. The van der Waals surface area contributed by atoms with Crippen molar-refractivity contribution < 1.29 is 0 Å². The molecular formula is C35H72. The molecule has 2 unspecified atom stereocenters. The number of hydrogen-bond acceptors (Lipinski definition) is 0. The largest absolute Gasteiger partial charge is 0.0654 e. The first-order valence-electron chi connectivity index (χ1n) is 17.3. The van der Waals surface area contributed by atoms with E-state index in [2.05, 4.69) is 27.7 Å². The molecule has 212 valence electrons. The van der Waals surface area contributed by atoms with Crippen molar-refractivity contribution in [3.8, 4) is 0 Å². The Balaban J connectivity index is 3.93. The summed E-state index contributed by atoms with van der Waals surface area (Å²) in [7, 11) is 0. The van der Waals surface area contributed by atoms with Gasteiger partial charge in [0.1, 0.15) is 0 Å². The molecule has 0 amide bonds. The van der Waals surface area contributed by atoms with Gasteiger partial charge in [0.05, 0.1) is 0 Å². The highest BCUT2D eigenvalue weighted by atomic mass is 14.2. The first kappa shape index (κ1) is 35.0. The van der Waals surface area contributed by atoms with Gasteiger partial charge in [0, 0.05) is 0 Å². The van der Waals surface area contributed by atoms with Crippen molar-refractivity contribution in [2.75, 3.05) is 0 Å². The Labute approximate surface area is 225 Å². The summed E-state index contributed by atoms with van der Waals surface area (Å²) in [5.41, 5.74) is 0. The molecule has 0 aromatic carbocycles. The maximum absolute atomic E-state index is 2.37. The minimum Gasteiger partial charge on any atom is -0.0654 e. The molecule has 0 fully saturated rings. The fourth-order valence-electron chi connectivity index (χ4n) is 6.03. The van der Waals surface area contributed by atoms with Gasteiger partial charge in [0.15, 0.2) is 0 Å². The van der Waals surface area contributed by atoms with Crippen LogP contribution in [0.1, 0.15) is 214 Å². The van der Waals surface area contributed by atoms with Gasteiger partial charge in [-0.25, -0.2) is 0 Å². The zero-order valence-electron chi connectivity index (χ0n) is 25.7. The van der Waals surface area contributed by atoms with Crippen LogP contribution in [0.25, 0.3) is 0 Å². The summed E-state index contributed by atoms with van der Waals surface area (Å²) in [6.45, 7) is 9.38. The van der Waals surface area contributed by atoms with E-state index in [0.29, 0.717) is 0 Å². The highest BCUT2D eigenvalue weighted by molar-refractivity contribution is 4.64. The summed E-state index contributed by atoms with van der Waals surface area (Å²) in [5, 5.41) is 0. The monoisotopic (exact) mass is 493 g/mol. The molecule has 0 nitrogen and oxygen atoms in total. The summed E-state index contributed by atoms with van der Waals surface area (Å²) in [6.07, 6.45) is 42.7. The van der Waals surface area contributed by atoms with Crippen LogP contribution in [-0.4, -0.2) is 0 Å². The van der Waals surface area contributed by atoms with E-state index in [9.17, 15) is 0 Å². The number of rotatable bonds is 30. The van der Waals surface area contributed by atoms with Crippen molar-refractivity contribution in [3.05, 3.63) is 0 Å². The third kappa shape index (κ3) is 26.9. The smallest absolute Gasteiger partial charge is 0.0414 e. The molecule has 35 heavy (non-hydrogen) atoms. The Morgan fingerprint density at radius 3 is 0.714 bits per heavy atom. The van der Waals surface area contributed by atoms with Crippen molar-refractivity contribution in [1.29, 1.82) is 0 Å². The van der Waals surface area contributed by atoms with E-state index in [-0.39, 0.29) is 0 Å². The first-order chi connectivity index (χ1) is 17.3. The highest BCUT2D eigenvalue weighted by Crippen LogP contribution is 2.26. The molecule has 0 N–H and O–H groups in total. The van der Waals surface area contributed by atoms with E-state index < -0.39 is 0 Å². The van der Waals surface area contributed by atoms with Gasteiger partial charge in [-0.05, 0) is 11.8 Å². The fourth-order valence-corrected chi connectivity index (χ4v) is 6.03. The average Bonchev–Trinajstić information content (AvgIpc) is 2.87. The molecule has 0 aromatic heterocycles. The van der Waals surface area contributed by atoms with E-state index >= 15 is 0 Å². The van der Waals surface area contributed by atoms with Crippen LogP contribution >= 0.6 is 0 Å². The minimum atomic E-state index is 1.03. The van der Waals surface area contributed by atoms with Gasteiger partial charge < -0.3 is 0 Å². The molecule has 2 atom stereocenters. The van der Waals surface area contributed by atoms with Crippen LogP contribution in [0.5, 0.6) is 0 Å². The lowest BCUT2D eigenvalue weighted by molar-refractivity contribution is 0.350. The number of hydrogen-bond donors (Lipinski definition) is 0. The van der Waals surface area contributed by atoms with Gasteiger partial charge in [-0.3, -0.25) is 0 Å². The second-order valence-electron chi connectivity index (χ2n) is 12.2. The van der Waals surface area contributed by atoms with Crippen molar-refractivity contribution in [1.82, 2.24) is 0 Å². The van der Waals surface area contributed by atoms with Gasteiger partial charge in [0.25, 0.3) is 0 Å². The molecule has 0 heterocycles. The average molecular weight is 493 g/mol. The maximum atomic E-state index is 2.37. The van der Waals surface area contributed by atoms with E-state index in [0.717, 1.165) is 11.8 Å². The van der Waals surface area contributed by atoms with Crippen LogP contribution in [0.4, 0.5) is 0 Å². The summed E-state index contributed by atoms with van der Waals surface area (Å²) < 4.78 is 0. The van der Waals surface area contributed by atoms with Crippen molar-refractivity contribution in [2.45, 2.75) is 214 Å². The van der Waals surface area contributed by atoms with Crippen LogP contribution in [0, 0.1) is 11.8 Å². The molecule has 0 saturated heterocycles. The van der Waals surface area contributed by atoms with E-state index in [4.69, 9.17) is 0 Å². The Hall–Kier alpha value is 0. The Bertz CT molecular complexity index is 325. The molecule has 0 rings (SSSR count). The molecule has 0 radical (unpaired) electrons. The Morgan fingerprint density at radius 2 is 0.429 bits per heavy atom. The lowest BCUT2D eigenvalue weighted by Crippen LogP contribution is -2.03. The summed E-state index contributed by atoms with van der Waals surface area (Å²) in [6, 6.07) is 0. The van der Waals surface area contributed by atoms with Gasteiger partial charge in [0.2, 0.25) is 0 Å². The van der Waals surface area contributed by atoms with Crippen LogP contribution < -0.4 is 0 Å². The standard InChI is InChI=1S/C35H72/c1-5-9-13-15-17-19-21-24-30-34(28-11-7-3)32-26-23-27-33-35(29-12-8-4)31-25-22-20-18-16-14-10-6-2/h34-35H,5-33H2,1-4H3. The number of unbranched alkanes of at least 4 members (excludes halogenated alkanes) is 18. The zero-order chi connectivity index (χ0) is 25.7. The molecule has 0 bridgehead atoms. The quantitative estimate of drug-likeness (QED) is 0.0874. The molecule has 0 aliphatic heterocycles. The molecular weight excluding hydrogens is 420 g/mol. The third-order valence-corrected chi connectivity index (χ3v) is 8.59. The summed E-state index contributed by atoms with van der Waals surface area (Å²) in [5.74, 6) is 2.06. The Morgan fingerprint density at radius 1 is 0.229 bits per heavy atom. The van der Waals surface area contributed by atoms with Crippen LogP contribution in [-0.2, 0) is 0 Å². The van der Waals surface area contributed by atoms with Crippen molar-refractivity contribution in [3.63, 3.8) is 0 Å². The highest BCUT2D eigenvalue weighted by Gasteiger charge is 2.11. The second-order valence-corrected chi connectivity index (χ2v) is 12.2. The normalized spacial score (nSPS) is 13.4. The lowest BCUT2D eigenvalue weighted by atomic mass is 9.88. The van der Waals surface area contributed by atoms with Crippen molar-refractivity contribution >= 4 is 0 Å². The maximum Gasteiger partial charge on any atom is -0.0414 e. The van der Waals surface area contributed by atoms with Gasteiger partial charge in [-0.2, -0.15) is 0 Å². The summed E-state index contributed by atoms with van der Waals surface area (Å²) in [4.78, 5) is 0. The Kier molecular flexibility index (Phi) is 30.2. The molecule has 0 aromatic rings. The van der Waals surface area contributed by atoms with Crippen LogP contribution in [0.3, 0.4) is 0 Å². The molecule has 0 heteroatoms. The van der Waals surface area contributed by atoms with E-state index in [1.165, 1.54) is 186 Å². The predicted octanol–water partition coefficient (Wildman–Crippen LogP) is 13.6. The zero-order valence-corrected chi connectivity index (χ0v) is 25.7. The van der Waals surface area contributed by atoms with Gasteiger partial charge >= 0.3 is 0 Å².